The third-order valence-electron chi connectivity index (χ3n) is 6.29. The molecule has 1 spiro atoms. The van der Waals surface area contributed by atoms with Gasteiger partial charge in [-0.2, -0.15) is 26.3 Å². The van der Waals surface area contributed by atoms with Crippen molar-refractivity contribution < 1.29 is 65.1 Å². The van der Waals surface area contributed by atoms with Crippen LogP contribution in [0.3, 0.4) is 0 Å². The first kappa shape index (κ1) is 34.0. The van der Waals surface area contributed by atoms with Gasteiger partial charge in [-0.1, -0.05) is 6.07 Å². The Balaban J connectivity index is 0.000000349. The van der Waals surface area contributed by atoms with E-state index in [9.17, 15) is 31.1 Å². The van der Waals surface area contributed by atoms with Crippen LogP contribution in [0.1, 0.15) is 31.2 Å². The van der Waals surface area contributed by atoms with Crippen LogP contribution in [0.2, 0.25) is 0 Å². The summed E-state index contributed by atoms with van der Waals surface area (Å²) in [6, 6.07) is 3.99. The molecule has 0 aliphatic carbocycles. The van der Waals surface area contributed by atoms with Gasteiger partial charge in [0.2, 0.25) is 11.8 Å². The van der Waals surface area contributed by atoms with Crippen LogP contribution in [-0.4, -0.2) is 113 Å². The molecule has 2 N–H and O–H groups in total. The molecule has 3 aliphatic rings. The van der Waals surface area contributed by atoms with Crippen LogP contribution in [0, 0.1) is 0 Å². The molecule has 0 aromatic carbocycles. The van der Waals surface area contributed by atoms with E-state index in [0.29, 0.717) is 12.5 Å². The van der Waals surface area contributed by atoms with Crippen molar-refractivity contribution in [2.24, 2.45) is 0 Å². The van der Waals surface area contributed by atoms with Gasteiger partial charge in [0.25, 0.3) is 0 Å². The lowest BCUT2D eigenvalue weighted by atomic mass is 9.84. The summed E-state index contributed by atoms with van der Waals surface area (Å²) in [5.41, 5.74) is 0.962. The van der Waals surface area contributed by atoms with Crippen LogP contribution in [-0.2, 0) is 30.4 Å². The number of carboxylic acids is 2. The van der Waals surface area contributed by atoms with Gasteiger partial charge in [-0.3, -0.25) is 9.69 Å². The molecule has 3 fully saturated rings. The molecule has 4 heterocycles. The Bertz CT molecular complexity index is 1000. The summed E-state index contributed by atoms with van der Waals surface area (Å²) in [4.78, 5) is 38.5. The molecule has 1 aromatic heterocycles. The zero-order valence-electron chi connectivity index (χ0n) is 22.0. The van der Waals surface area contributed by atoms with Crippen LogP contribution in [0.5, 0.6) is 5.88 Å². The number of halogens is 6. The van der Waals surface area contributed by atoms with Gasteiger partial charge < -0.3 is 29.3 Å². The molecule has 3 aliphatic heterocycles. The fourth-order valence-corrected chi connectivity index (χ4v) is 4.44. The maximum absolute atomic E-state index is 12.2. The number of carboxylic acid groups (broad SMARTS) is 2. The highest BCUT2D eigenvalue weighted by Crippen LogP contribution is 2.36. The number of nitrogens with zero attached hydrogens (tertiary/aromatic N) is 3. The quantitative estimate of drug-likeness (QED) is 0.467. The van der Waals surface area contributed by atoms with Crippen molar-refractivity contribution in [2.45, 2.75) is 56.3 Å². The summed E-state index contributed by atoms with van der Waals surface area (Å²) in [5, 5.41) is 14.2. The van der Waals surface area contributed by atoms with Crippen molar-refractivity contribution >= 4 is 17.8 Å². The third-order valence-corrected chi connectivity index (χ3v) is 6.29. The minimum absolute atomic E-state index is 0.111. The first-order valence-electron chi connectivity index (χ1n) is 12.4. The Morgan fingerprint density at radius 2 is 1.63 bits per heavy atom. The predicted octanol–water partition coefficient (Wildman–Crippen LogP) is 2.73. The van der Waals surface area contributed by atoms with Crippen LogP contribution in [0.4, 0.5) is 26.3 Å². The number of aromatic nitrogens is 1. The number of methoxy groups -OCH3 is 1. The van der Waals surface area contributed by atoms with E-state index in [1.165, 1.54) is 0 Å². The maximum atomic E-state index is 12.2. The first-order chi connectivity index (χ1) is 19.1. The minimum Gasteiger partial charge on any atom is -0.481 e. The average Bonchev–Trinajstić information content (AvgIpc) is 3.42. The van der Waals surface area contributed by atoms with Gasteiger partial charge in [0, 0.05) is 57.5 Å². The van der Waals surface area contributed by atoms with E-state index in [1.807, 2.05) is 11.0 Å². The zero-order chi connectivity index (χ0) is 30.8. The number of likely N-dealkylation sites (tertiary alicyclic amines) is 2. The fourth-order valence-electron chi connectivity index (χ4n) is 4.44. The van der Waals surface area contributed by atoms with Gasteiger partial charge in [0.15, 0.2) is 0 Å². The smallest absolute Gasteiger partial charge is 0.481 e. The van der Waals surface area contributed by atoms with Crippen molar-refractivity contribution in [1.29, 1.82) is 0 Å². The first-order valence-corrected chi connectivity index (χ1v) is 12.4. The molecule has 0 bridgehead atoms. The highest BCUT2D eigenvalue weighted by atomic mass is 19.4. The Labute approximate surface area is 231 Å². The third kappa shape index (κ3) is 11.0. The lowest BCUT2D eigenvalue weighted by Crippen LogP contribution is -2.65. The highest BCUT2D eigenvalue weighted by molar-refractivity contribution is 5.77. The highest BCUT2D eigenvalue weighted by Gasteiger charge is 2.48. The van der Waals surface area contributed by atoms with Gasteiger partial charge >= 0.3 is 24.3 Å². The Hall–Kier alpha value is -3.18. The molecule has 4 rings (SSSR count). The van der Waals surface area contributed by atoms with Crippen LogP contribution in [0.25, 0.3) is 0 Å². The molecule has 1 amide bonds. The lowest BCUT2D eigenvalue weighted by molar-refractivity contribution is -0.200. The predicted molar refractivity (Wildman–Crippen MR) is 127 cm³/mol. The number of carbonyl (C=O) groups is 3. The topological polar surface area (TPSA) is 139 Å². The molecule has 0 radical (unpaired) electrons. The minimum atomic E-state index is -5.08. The molecular weight excluding hydrogens is 572 g/mol. The number of ether oxygens (including phenoxy) is 3. The largest absolute Gasteiger partial charge is 0.490 e. The van der Waals surface area contributed by atoms with Crippen LogP contribution < -0.4 is 4.74 Å². The number of alkyl halides is 6. The SMILES string of the molecule is COc1ncccc1CN1CC2(CC(OCC(=O)N3CCCC3)CCO2)C1.O=C(O)C(F)(F)F.O=C(O)C(F)(F)F. The van der Waals surface area contributed by atoms with Gasteiger partial charge in [0.05, 0.1) is 18.8 Å². The van der Waals surface area contributed by atoms with E-state index >= 15 is 0 Å². The maximum Gasteiger partial charge on any atom is 0.490 e. The molecular formula is C24H31F6N3O8. The molecule has 17 heteroatoms. The molecule has 1 unspecified atom stereocenters. The second-order valence-corrected chi connectivity index (χ2v) is 9.47. The molecule has 11 nitrogen and oxygen atoms in total. The Morgan fingerprint density at radius 1 is 1.07 bits per heavy atom. The number of aliphatic carboxylic acids is 2. The molecule has 3 saturated heterocycles. The van der Waals surface area contributed by atoms with Crippen molar-refractivity contribution in [3.8, 4) is 5.88 Å². The van der Waals surface area contributed by atoms with Crippen LogP contribution >= 0.6 is 0 Å². The number of rotatable bonds is 6. The molecule has 1 aromatic rings. The molecule has 0 saturated carbocycles. The molecule has 1 atom stereocenters. The molecule has 232 valence electrons. The summed E-state index contributed by atoms with van der Waals surface area (Å²) >= 11 is 0. The van der Waals surface area contributed by atoms with E-state index in [2.05, 4.69) is 16.0 Å². The normalized spacial score (nSPS) is 20.2. The number of hydrogen-bond acceptors (Lipinski definition) is 8. The standard InChI is InChI=1S/C20H29N3O4.2C2HF3O2/c1-25-19-16(5-4-7-21-19)12-22-14-20(15-22)11-17(6-10-27-20)26-13-18(24)23-8-2-3-9-23;2*3-2(4,5)1(6)7/h4-5,7,17H,2-3,6,8-15H2,1H3;2*(H,6,7). The summed E-state index contributed by atoms with van der Waals surface area (Å²) < 4.78 is 80.9. The van der Waals surface area contributed by atoms with Gasteiger partial charge in [-0.05, 0) is 25.3 Å². The molecule has 41 heavy (non-hydrogen) atoms. The van der Waals surface area contributed by atoms with E-state index in [4.69, 9.17) is 34.0 Å². The van der Waals surface area contributed by atoms with Crippen LogP contribution in [0.15, 0.2) is 18.3 Å². The number of pyridine rings is 1. The zero-order valence-corrected chi connectivity index (χ0v) is 22.0. The Kier molecular flexibility index (Phi) is 12.1. The number of amides is 1. The van der Waals surface area contributed by atoms with E-state index in [0.717, 1.165) is 64.0 Å². The summed E-state index contributed by atoms with van der Waals surface area (Å²) in [7, 11) is 1.65. The fraction of sp³-hybridized carbons (Fsp3) is 0.667. The average molecular weight is 604 g/mol. The van der Waals surface area contributed by atoms with Gasteiger partial charge in [-0.15, -0.1) is 0 Å². The van der Waals surface area contributed by atoms with Crippen molar-refractivity contribution in [2.75, 3.05) is 46.5 Å². The van der Waals surface area contributed by atoms with Gasteiger partial charge in [0.1, 0.15) is 6.61 Å². The number of carbonyl (C=O) groups excluding carboxylic acids is 1. The summed E-state index contributed by atoms with van der Waals surface area (Å²) in [6.45, 7) is 5.24. The van der Waals surface area contributed by atoms with E-state index in [1.54, 1.807) is 13.3 Å². The lowest BCUT2D eigenvalue weighted by Gasteiger charge is -2.53. The number of hydrogen-bond donors (Lipinski definition) is 2. The summed E-state index contributed by atoms with van der Waals surface area (Å²) in [6.07, 6.45) is -4.35. The summed E-state index contributed by atoms with van der Waals surface area (Å²) in [5.74, 6) is -4.70. The second kappa shape index (κ2) is 14.6. The Morgan fingerprint density at radius 3 is 2.15 bits per heavy atom. The van der Waals surface area contributed by atoms with Crippen molar-refractivity contribution in [1.82, 2.24) is 14.8 Å². The second-order valence-electron chi connectivity index (χ2n) is 9.47. The van der Waals surface area contributed by atoms with E-state index < -0.39 is 24.3 Å². The van der Waals surface area contributed by atoms with Crippen molar-refractivity contribution in [3.63, 3.8) is 0 Å². The van der Waals surface area contributed by atoms with Gasteiger partial charge in [-0.25, -0.2) is 14.6 Å². The van der Waals surface area contributed by atoms with E-state index in [-0.39, 0.29) is 24.2 Å². The monoisotopic (exact) mass is 603 g/mol. The van der Waals surface area contributed by atoms with Crippen molar-refractivity contribution in [3.05, 3.63) is 23.9 Å².